The summed E-state index contributed by atoms with van der Waals surface area (Å²) in [6.45, 7) is 5.22. The second kappa shape index (κ2) is 5.71. The molecule has 1 aliphatic rings. The first-order chi connectivity index (χ1) is 10.2. The lowest BCUT2D eigenvalue weighted by molar-refractivity contribution is 0.171. The first kappa shape index (κ1) is 13.9. The summed E-state index contributed by atoms with van der Waals surface area (Å²) in [5.41, 5.74) is 7.00. The normalized spacial score (nSPS) is 14.8. The summed E-state index contributed by atoms with van der Waals surface area (Å²) in [5.74, 6) is 7.28. The van der Waals surface area contributed by atoms with Crippen molar-refractivity contribution in [2.24, 2.45) is 5.84 Å². The monoisotopic (exact) mass is 285 g/mol. The third kappa shape index (κ3) is 2.70. The average Bonchev–Trinajstić information content (AvgIpc) is 2.50. The molecule has 3 N–H and O–H groups in total. The zero-order chi connectivity index (χ0) is 14.8. The van der Waals surface area contributed by atoms with Gasteiger partial charge in [-0.1, -0.05) is 12.1 Å². The molecule has 0 saturated carbocycles. The molecule has 0 amide bonds. The number of nitrogens with two attached hydrogens (primary N) is 1. The number of aryl methyl sites for hydroxylation is 2. The number of hydrogen-bond donors (Lipinski definition) is 2. The number of rotatable bonds is 3. The van der Waals surface area contributed by atoms with Gasteiger partial charge in [0.2, 0.25) is 0 Å². The predicted molar refractivity (Wildman–Crippen MR) is 80.3 cm³/mol. The van der Waals surface area contributed by atoms with E-state index < -0.39 is 0 Å². The van der Waals surface area contributed by atoms with Gasteiger partial charge in [-0.3, -0.25) is 10.8 Å². The maximum Gasteiger partial charge on any atom is 0.161 e. The fraction of sp³-hybridized carbons (Fsp3) is 0.312. The van der Waals surface area contributed by atoms with Gasteiger partial charge in [0.15, 0.2) is 11.5 Å². The summed E-state index contributed by atoms with van der Waals surface area (Å²) in [4.78, 5) is 4.52. The maximum atomic E-state index is 5.76. The lowest BCUT2D eigenvalue weighted by atomic mass is 9.99. The van der Waals surface area contributed by atoms with Gasteiger partial charge < -0.3 is 9.47 Å². The number of hydrazine groups is 1. The lowest BCUT2D eigenvalue weighted by Crippen LogP contribution is -2.30. The molecule has 0 radical (unpaired) electrons. The van der Waals surface area contributed by atoms with E-state index in [-0.39, 0.29) is 6.04 Å². The van der Waals surface area contributed by atoms with Crippen molar-refractivity contribution in [2.45, 2.75) is 19.9 Å². The molecule has 0 spiro atoms. The molecule has 110 valence electrons. The zero-order valence-corrected chi connectivity index (χ0v) is 12.2. The van der Waals surface area contributed by atoms with Crippen molar-refractivity contribution in [3.8, 4) is 11.5 Å². The molecule has 5 nitrogen and oxygen atoms in total. The van der Waals surface area contributed by atoms with Gasteiger partial charge in [-0.2, -0.15) is 0 Å². The van der Waals surface area contributed by atoms with E-state index in [1.54, 1.807) is 0 Å². The summed E-state index contributed by atoms with van der Waals surface area (Å²) in [6.07, 6.45) is 1.85. The Balaban J connectivity index is 1.99. The number of ether oxygens (including phenoxy) is 2. The first-order valence-electron chi connectivity index (χ1n) is 6.98. The molecule has 1 atom stereocenters. The van der Waals surface area contributed by atoms with Gasteiger partial charge in [-0.25, -0.2) is 5.43 Å². The van der Waals surface area contributed by atoms with Crippen LogP contribution in [0.3, 0.4) is 0 Å². The largest absolute Gasteiger partial charge is 0.486 e. The van der Waals surface area contributed by atoms with Crippen LogP contribution in [0.15, 0.2) is 30.5 Å². The van der Waals surface area contributed by atoms with Gasteiger partial charge in [0.25, 0.3) is 0 Å². The average molecular weight is 285 g/mol. The number of fused-ring (bicyclic) bond motifs is 1. The molecule has 1 unspecified atom stereocenters. The molecule has 1 aliphatic heterocycles. The summed E-state index contributed by atoms with van der Waals surface area (Å²) < 4.78 is 11.2. The molecule has 5 heteroatoms. The van der Waals surface area contributed by atoms with E-state index in [2.05, 4.69) is 16.5 Å². The van der Waals surface area contributed by atoms with Crippen molar-refractivity contribution in [1.29, 1.82) is 0 Å². The molecular weight excluding hydrogens is 266 g/mol. The fourth-order valence-corrected chi connectivity index (χ4v) is 2.60. The second-order valence-electron chi connectivity index (χ2n) is 5.22. The molecule has 0 saturated heterocycles. The summed E-state index contributed by atoms with van der Waals surface area (Å²) in [6, 6.07) is 7.78. The minimum Gasteiger partial charge on any atom is -0.486 e. The van der Waals surface area contributed by atoms with Crippen LogP contribution in [0.5, 0.6) is 11.5 Å². The Labute approximate surface area is 124 Å². The Morgan fingerprint density at radius 3 is 2.62 bits per heavy atom. The zero-order valence-electron chi connectivity index (χ0n) is 12.2. The smallest absolute Gasteiger partial charge is 0.161 e. The molecule has 1 aromatic heterocycles. The molecule has 0 bridgehead atoms. The molecule has 2 heterocycles. The Morgan fingerprint density at radius 2 is 1.90 bits per heavy atom. The summed E-state index contributed by atoms with van der Waals surface area (Å²) in [7, 11) is 0. The molecule has 2 aromatic rings. The molecule has 0 aliphatic carbocycles. The quantitative estimate of drug-likeness (QED) is 0.667. The summed E-state index contributed by atoms with van der Waals surface area (Å²) >= 11 is 0. The van der Waals surface area contributed by atoms with Crippen molar-refractivity contribution in [2.75, 3.05) is 13.2 Å². The van der Waals surface area contributed by atoms with E-state index in [0.717, 1.165) is 33.9 Å². The van der Waals surface area contributed by atoms with Crippen molar-refractivity contribution in [3.05, 3.63) is 52.8 Å². The third-order valence-corrected chi connectivity index (χ3v) is 3.60. The highest BCUT2D eigenvalue weighted by Crippen LogP contribution is 2.34. The molecule has 0 fully saturated rings. The third-order valence-electron chi connectivity index (χ3n) is 3.60. The van der Waals surface area contributed by atoms with Crippen LogP contribution in [-0.4, -0.2) is 18.2 Å². The van der Waals surface area contributed by atoms with Gasteiger partial charge >= 0.3 is 0 Å². The van der Waals surface area contributed by atoms with Crippen molar-refractivity contribution in [3.63, 3.8) is 0 Å². The molecule has 1 aromatic carbocycles. The number of aromatic nitrogens is 1. The number of nitrogens with zero attached hydrogens (tertiary/aromatic N) is 1. The highest BCUT2D eigenvalue weighted by atomic mass is 16.6. The molecular formula is C16H19N3O2. The Hall–Kier alpha value is -2.11. The Kier molecular flexibility index (Phi) is 3.77. The van der Waals surface area contributed by atoms with E-state index in [9.17, 15) is 0 Å². The van der Waals surface area contributed by atoms with E-state index in [1.807, 2.05) is 38.2 Å². The Bertz CT molecular complexity index is 658. The van der Waals surface area contributed by atoms with Crippen LogP contribution in [0.4, 0.5) is 0 Å². The standard InChI is InChI=1S/C16H19N3O2/c1-10-7-11(2)15(18-9-10)16(19-17)12-3-4-13-14(8-12)21-6-5-20-13/h3-4,7-9,16,19H,5-6,17H2,1-2H3. The number of pyridine rings is 1. The highest BCUT2D eigenvalue weighted by molar-refractivity contribution is 5.46. The number of benzene rings is 1. The van der Waals surface area contributed by atoms with Gasteiger partial charge in [-0.05, 0) is 42.7 Å². The minimum atomic E-state index is -0.179. The van der Waals surface area contributed by atoms with Gasteiger partial charge in [0, 0.05) is 6.20 Å². The van der Waals surface area contributed by atoms with Gasteiger partial charge in [0.05, 0.1) is 11.7 Å². The summed E-state index contributed by atoms with van der Waals surface area (Å²) in [5, 5.41) is 0. The fourth-order valence-electron chi connectivity index (χ4n) is 2.60. The maximum absolute atomic E-state index is 5.76. The van der Waals surface area contributed by atoms with Gasteiger partial charge in [0.1, 0.15) is 13.2 Å². The van der Waals surface area contributed by atoms with Crippen molar-refractivity contribution >= 4 is 0 Å². The van der Waals surface area contributed by atoms with Crippen LogP contribution < -0.4 is 20.7 Å². The molecule has 21 heavy (non-hydrogen) atoms. The van der Waals surface area contributed by atoms with Crippen LogP contribution in [0.1, 0.15) is 28.4 Å². The van der Waals surface area contributed by atoms with Crippen LogP contribution in [0.25, 0.3) is 0 Å². The van der Waals surface area contributed by atoms with Crippen molar-refractivity contribution < 1.29 is 9.47 Å². The van der Waals surface area contributed by atoms with E-state index in [0.29, 0.717) is 13.2 Å². The van der Waals surface area contributed by atoms with Crippen molar-refractivity contribution in [1.82, 2.24) is 10.4 Å². The lowest BCUT2D eigenvalue weighted by Gasteiger charge is -2.22. The predicted octanol–water partition coefficient (Wildman–Crippen LogP) is 2.02. The van der Waals surface area contributed by atoms with Crippen LogP contribution in [0.2, 0.25) is 0 Å². The number of hydrogen-bond acceptors (Lipinski definition) is 5. The van der Waals surface area contributed by atoms with E-state index >= 15 is 0 Å². The van der Waals surface area contributed by atoms with Gasteiger partial charge in [-0.15, -0.1) is 0 Å². The van der Waals surface area contributed by atoms with E-state index in [1.165, 1.54) is 0 Å². The highest BCUT2D eigenvalue weighted by Gasteiger charge is 2.20. The second-order valence-corrected chi connectivity index (χ2v) is 5.22. The first-order valence-corrected chi connectivity index (χ1v) is 6.98. The van der Waals surface area contributed by atoms with Crippen LogP contribution in [0, 0.1) is 13.8 Å². The Morgan fingerprint density at radius 1 is 1.14 bits per heavy atom. The number of nitrogens with one attached hydrogen (secondary N) is 1. The van der Waals surface area contributed by atoms with E-state index in [4.69, 9.17) is 15.3 Å². The van der Waals surface area contributed by atoms with Crippen LogP contribution >= 0.6 is 0 Å². The van der Waals surface area contributed by atoms with Crippen LogP contribution in [-0.2, 0) is 0 Å². The topological polar surface area (TPSA) is 69.4 Å². The molecule has 3 rings (SSSR count). The minimum absolute atomic E-state index is 0.179. The SMILES string of the molecule is Cc1cnc(C(NN)c2ccc3c(c2)OCCO3)c(C)c1.